The van der Waals surface area contributed by atoms with Crippen LogP contribution in [0.15, 0.2) is 0 Å². The fraction of sp³-hybridized carbons (Fsp3) is 0.667. The van der Waals surface area contributed by atoms with Gasteiger partial charge in [-0.3, -0.25) is 14.5 Å². The standard InChI is InChI=1S/C9H13F2N3O4/c1-13-4-7(17)14(9(13)18)3-6(16)12-2-5(15)8(10)11/h5,8,15H,2-4H2,1H3,(H,12,16). The Morgan fingerprint density at radius 2 is 2.11 bits per heavy atom. The average Bonchev–Trinajstić information content (AvgIpc) is 2.52. The molecule has 0 saturated carbocycles. The quantitative estimate of drug-likeness (QED) is 0.600. The molecule has 9 heteroatoms. The van der Waals surface area contributed by atoms with Gasteiger partial charge in [0.2, 0.25) is 5.91 Å². The Kier molecular flexibility index (Phi) is 4.54. The number of halogens is 2. The zero-order valence-corrected chi connectivity index (χ0v) is 9.60. The third kappa shape index (κ3) is 3.36. The van der Waals surface area contributed by atoms with Crippen molar-refractivity contribution in [1.29, 1.82) is 0 Å². The van der Waals surface area contributed by atoms with Crippen LogP contribution in [0.3, 0.4) is 0 Å². The summed E-state index contributed by atoms with van der Waals surface area (Å²) in [6, 6.07) is -0.621. The monoisotopic (exact) mass is 265 g/mol. The van der Waals surface area contributed by atoms with Crippen molar-refractivity contribution in [3.05, 3.63) is 0 Å². The van der Waals surface area contributed by atoms with Gasteiger partial charge in [0.15, 0.2) is 0 Å². The fourth-order valence-electron chi connectivity index (χ4n) is 1.33. The van der Waals surface area contributed by atoms with Crippen LogP contribution in [0.2, 0.25) is 0 Å². The molecule has 0 bridgehead atoms. The van der Waals surface area contributed by atoms with Crippen LogP contribution in [-0.4, -0.2) is 72.0 Å². The number of hydrogen-bond acceptors (Lipinski definition) is 4. The number of carbonyl (C=O) groups is 3. The van der Waals surface area contributed by atoms with Crippen LogP contribution in [0.25, 0.3) is 0 Å². The van der Waals surface area contributed by atoms with E-state index in [1.165, 1.54) is 7.05 Å². The minimum Gasteiger partial charge on any atom is -0.385 e. The number of nitrogens with zero attached hydrogens (tertiary/aromatic N) is 2. The molecule has 1 rings (SSSR count). The molecule has 7 nitrogen and oxygen atoms in total. The first-order valence-electron chi connectivity index (χ1n) is 5.11. The molecule has 1 aliphatic rings. The molecule has 102 valence electrons. The Balaban J connectivity index is 2.41. The zero-order chi connectivity index (χ0) is 13.9. The molecule has 1 fully saturated rings. The Hall–Kier alpha value is -1.77. The van der Waals surface area contributed by atoms with Crippen LogP contribution >= 0.6 is 0 Å². The van der Waals surface area contributed by atoms with Crippen molar-refractivity contribution >= 4 is 17.8 Å². The second kappa shape index (κ2) is 5.71. The molecule has 2 N–H and O–H groups in total. The van der Waals surface area contributed by atoms with Gasteiger partial charge in [0.1, 0.15) is 19.2 Å². The fourth-order valence-corrected chi connectivity index (χ4v) is 1.33. The van der Waals surface area contributed by atoms with Crippen LogP contribution in [0.4, 0.5) is 13.6 Å². The number of urea groups is 1. The minimum atomic E-state index is -2.97. The maximum atomic E-state index is 11.9. The van der Waals surface area contributed by atoms with E-state index >= 15 is 0 Å². The van der Waals surface area contributed by atoms with E-state index in [4.69, 9.17) is 5.11 Å². The first-order chi connectivity index (χ1) is 8.32. The van der Waals surface area contributed by atoms with E-state index in [1.54, 1.807) is 0 Å². The molecule has 0 aromatic heterocycles. The molecule has 0 aromatic rings. The predicted molar refractivity (Wildman–Crippen MR) is 54.8 cm³/mol. The summed E-state index contributed by atoms with van der Waals surface area (Å²) in [4.78, 5) is 35.8. The van der Waals surface area contributed by atoms with Gasteiger partial charge in [0, 0.05) is 13.6 Å². The van der Waals surface area contributed by atoms with E-state index in [1.807, 2.05) is 5.32 Å². The van der Waals surface area contributed by atoms with Gasteiger partial charge in [0.05, 0.1) is 0 Å². The largest absolute Gasteiger partial charge is 0.385 e. The maximum Gasteiger partial charge on any atom is 0.327 e. The van der Waals surface area contributed by atoms with Crippen LogP contribution < -0.4 is 5.32 Å². The van der Waals surface area contributed by atoms with Crippen molar-refractivity contribution in [3.8, 4) is 0 Å². The van der Waals surface area contributed by atoms with Gasteiger partial charge in [-0.2, -0.15) is 0 Å². The van der Waals surface area contributed by atoms with Gasteiger partial charge >= 0.3 is 6.03 Å². The number of alkyl halides is 2. The molecule has 1 saturated heterocycles. The topological polar surface area (TPSA) is 90.0 Å². The summed E-state index contributed by atoms with van der Waals surface area (Å²) in [5.74, 6) is -1.32. The number of amides is 4. The van der Waals surface area contributed by atoms with Gasteiger partial charge in [0.25, 0.3) is 12.3 Å². The van der Waals surface area contributed by atoms with Crippen LogP contribution in [-0.2, 0) is 9.59 Å². The first kappa shape index (κ1) is 14.3. The van der Waals surface area contributed by atoms with E-state index in [2.05, 4.69) is 0 Å². The lowest BCUT2D eigenvalue weighted by Gasteiger charge is -2.15. The lowest BCUT2D eigenvalue weighted by Crippen LogP contribution is -2.44. The Labute approximate surface area is 101 Å². The molecule has 1 heterocycles. The van der Waals surface area contributed by atoms with Gasteiger partial charge < -0.3 is 15.3 Å². The van der Waals surface area contributed by atoms with Gasteiger partial charge in [-0.1, -0.05) is 0 Å². The van der Waals surface area contributed by atoms with E-state index in [-0.39, 0.29) is 6.54 Å². The SMILES string of the molecule is CN1CC(=O)N(CC(=O)NCC(O)C(F)F)C1=O. The normalized spacial score (nSPS) is 17.6. The van der Waals surface area contributed by atoms with Gasteiger partial charge in [-0.25, -0.2) is 13.6 Å². The summed E-state index contributed by atoms with van der Waals surface area (Å²) in [7, 11) is 1.40. The van der Waals surface area contributed by atoms with Crippen molar-refractivity contribution in [2.75, 3.05) is 26.7 Å². The van der Waals surface area contributed by atoms with Gasteiger partial charge in [-0.05, 0) is 0 Å². The molecule has 0 aromatic carbocycles. The maximum absolute atomic E-state index is 11.9. The number of aliphatic hydroxyl groups is 1. The van der Waals surface area contributed by atoms with Crippen molar-refractivity contribution in [2.24, 2.45) is 0 Å². The van der Waals surface area contributed by atoms with Gasteiger partial charge in [-0.15, -0.1) is 0 Å². The average molecular weight is 265 g/mol. The minimum absolute atomic E-state index is 0.119. The van der Waals surface area contributed by atoms with Crippen LogP contribution in [0.5, 0.6) is 0 Å². The van der Waals surface area contributed by atoms with Crippen molar-refractivity contribution in [2.45, 2.75) is 12.5 Å². The number of rotatable bonds is 5. The van der Waals surface area contributed by atoms with E-state index in [0.717, 1.165) is 4.90 Å². The molecule has 4 amide bonds. The molecule has 1 aliphatic heterocycles. The number of aliphatic hydroxyl groups excluding tert-OH is 1. The number of carbonyl (C=O) groups excluding carboxylic acids is 3. The number of hydrogen-bond donors (Lipinski definition) is 2. The lowest BCUT2D eigenvalue weighted by molar-refractivity contribution is -0.131. The van der Waals surface area contributed by atoms with Crippen molar-refractivity contribution in [1.82, 2.24) is 15.1 Å². The van der Waals surface area contributed by atoms with E-state index in [0.29, 0.717) is 4.90 Å². The van der Waals surface area contributed by atoms with Crippen LogP contribution in [0, 0.1) is 0 Å². The molecule has 0 spiro atoms. The zero-order valence-electron chi connectivity index (χ0n) is 9.60. The number of imide groups is 1. The molecular weight excluding hydrogens is 252 g/mol. The highest BCUT2D eigenvalue weighted by molar-refractivity contribution is 6.04. The summed E-state index contributed by atoms with van der Waals surface area (Å²) in [5, 5.41) is 10.8. The molecule has 0 aliphatic carbocycles. The smallest absolute Gasteiger partial charge is 0.327 e. The van der Waals surface area contributed by atoms with Crippen molar-refractivity contribution in [3.63, 3.8) is 0 Å². The molecule has 18 heavy (non-hydrogen) atoms. The Morgan fingerprint density at radius 1 is 1.50 bits per heavy atom. The third-order valence-electron chi connectivity index (χ3n) is 2.33. The van der Waals surface area contributed by atoms with Crippen molar-refractivity contribution < 1.29 is 28.3 Å². The summed E-state index contributed by atoms with van der Waals surface area (Å²) >= 11 is 0. The predicted octanol–water partition coefficient (Wildman–Crippen LogP) is -1.38. The molecular formula is C9H13F2N3O4. The molecule has 0 radical (unpaired) electrons. The molecule has 1 unspecified atom stereocenters. The Bertz CT molecular complexity index is 364. The lowest BCUT2D eigenvalue weighted by atomic mass is 10.3. The highest BCUT2D eigenvalue weighted by Gasteiger charge is 2.34. The molecule has 1 atom stereocenters. The first-order valence-corrected chi connectivity index (χ1v) is 5.11. The summed E-state index contributed by atoms with van der Waals surface area (Å²) in [5.41, 5.74) is 0. The number of nitrogens with one attached hydrogen (secondary N) is 1. The number of likely N-dealkylation sites (N-methyl/N-ethyl adjacent to an activating group) is 1. The summed E-state index contributed by atoms with van der Waals surface area (Å²) in [6.07, 6.45) is -4.94. The summed E-state index contributed by atoms with van der Waals surface area (Å²) in [6.45, 7) is -1.30. The highest BCUT2D eigenvalue weighted by atomic mass is 19.3. The van der Waals surface area contributed by atoms with E-state index < -0.39 is 43.5 Å². The second-order valence-corrected chi connectivity index (χ2v) is 3.82. The Morgan fingerprint density at radius 3 is 2.56 bits per heavy atom. The third-order valence-corrected chi connectivity index (χ3v) is 2.33. The van der Waals surface area contributed by atoms with Crippen LogP contribution in [0.1, 0.15) is 0 Å². The second-order valence-electron chi connectivity index (χ2n) is 3.82. The summed E-state index contributed by atoms with van der Waals surface area (Å²) < 4.78 is 23.9. The highest BCUT2D eigenvalue weighted by Crippen LogP contribution is 2.07. The van der Waals surface area contributed by atoms with E-state index in [9.17, 15) is 23.2 Å².